The van der Waals surface area contributed by atoms with E-state index in [4.69, 9.17) is 4.74 Å². The van der Waals surface area contributed by atoms with Gasteiger partial charge in [-0.1, -0.05) is 15.9 Å². The Morgan fingerprint density at radius 3 is 2.91 bits per heavy atom. The predicted molar refractivity (Wildman–Crippen MR) is 95.5 cm³/mol. The molecule has 2 heterocycles. The van der Waals surface area contributed by atoms with Crippen LogP contribution in [0.4, 0.5) is 0 Å². The van der Waals surface area contributed by atoms with Gasteiger partial charge in [0.1, 0.15) is 12.4 Å². The molecule has 1 saturated heterocycles. The van der Waals surface area contributed by atoms with Crippen molar-refractivity contribution in [2.24, 2.45) is 0 Å². The predicted octanol–water partition coefficient (Wildman–Crippen LogP) is 3.22. The number of piperidine rings is 1. The van der Waals surface area contributed by atoms with Crippen LogP contribution in [-0.4, -0.2) is 43.6 Å². The van der Waals surface area contributed by atoms with Crippen LogP contribution in [0.5, 0.6) is 5.75 Å². The van der Waals surface area contributed by atoms with Crippen molar-refractivity contribution in [2.75, 3.05) is 32.8 Å². The molecule has 5 heteroatoms. The maximum Gasteiger partial charge on any atom is 0.223 e. The lowest BCUT2D eigenvalue weighted by Gasteiger charge is -2.26. The van der Waals surface area contributed by atoms with E-state index in [1.165, 1.54) is 12.0 Å². The highest BCUT2D eigenvalue weighted by Crippen LogP contribution is 2.28. The van der Waals surface area contributed by atoms with Crippen molar-refractivity contribution >= 4 is 27.9 Å². The summed E-state index contributed by atoms with van der Waals surface area (Å²) in [5, 5.41) is 3.36. The standard InChI is InChI=1S/C18H23BrN2O2/c19-16-4-5-17-15(11-16)10-14(13-23-17)12-20-7-6-18(22)21-8-2-1-3-9-21/h4-5,10-11,20H,1-3,6-9,12-13H2. The first kappa shape index (κ1) is 16.5. The molecule has 0 unspecified atom stereocenters. The number of benzene rings is 1. The zero-order valence-corrected chi connectivity index (χ0v) is 14.9. The normalized spacial score (nSPS) is 17.3. The summed E-state index contributed by atoms with van der Waals surface area (Å²) in [7, 11) is 0. The first-order chi connectivity index (χ1) is 11.2. The van der Waals surface area contributed by atoms with Crippen molar-refractivity contribution in [3.63, 3.8) is 0 Å². The Balaban J connectivity index is 1.43. The number of carbonyl (C=O) groups excluding carboxylic acids is 1. The molecule has 2 aliphatic rings. The lowest BCUT2D eigenvalue weighted by Crippen LogP contribution is -2.37. The van der Waals surface area contributed by atoms with Gasteiger partial charge in [0.2, 0.25) is 5.91 Å². The van der Waals surface area contributed by atoms with Gasteiger partial charge in [-0.15, -0.1) is 0 Å². The Bertz CT molecular complexity index is 595. The molecule has 0 aliphatic carbocycles. The quantitative estimate of drug-likeness (QED) is 0.799. The van der Waals surface area contributed by atoms with Gasteiger partial charge in [0, 0.05) is 42.6 Å². The number of fused-ring (bicyclic) bond motifs is 1. The van der Waals surface area contributed by atoms with E-state index >= 15 is 0 Å². The Hall–Kier alpha value is -1.33. The zero-order valence-electron chi connectivity index (χ0n) is 13.3. The molecule has 4 nitrogen and oxygen atoms in total. The number of likely N-dealkylation sites (tertiary alicyclic amines) is 1. The van der Waals surface area contributed by atoms with E-state index in [-0.39, 0.29) is 5.91 Å². The number of carbonyl (C=O) groups is 1. The summed E-state index contributed by atoms with van der Waals surface area (Å²) in [6, 6.07) is 6.04. The van der Waals surface area contributed by atoms with Crippen LogP contribution >= 0.6 is 15.9 Å². The molecule has 0 radical (unpaired) electrons. The van der Waals surface area contributed by atoms with Gasteiger partial charge in [0.15, 0.2) is 0 Å². The molecule has 1 aromatic carbocycles. The highest BCUT2D eigenvalue weighted by atomic mass is 79.9. The minimum Gasteiger partial charge on any atom is -0.489 e. The maximum atomic E-state index is 12.1. The van der Waals surface area contributed by atoms with Crippen molar-refractivity contribution in [1.82, 2.24) is 10.2 Å². The molecule has 1 N–H and O–H groups in total. The van der Waals surface area contributed by atoms with Gasteiger partial charge in [0.05, 0.1) is 0 Å². The minimum atomic E-state index is 0.278. The average molecular weight is 379 g/mol. The summed E-state index contributed by atoms with van der Waals surface area (Å²) in [6.45, 7) is 3.96. The van der Waals surface area contributed by atoms with Crippen LogP contribution in [0.2, 0.25) is 0 Å². The fourth-order valence-electron chi connectivity index (χ4n) is 3.04. The molecule has 3 rings (SSSR count). The second-order valence-corrected chi connectivity index (χ2v) is 7.06. The fourth-order valence-corrected chi connectivity index (χ4v) is 3.42. The molecule has 0 saturated carbocycles. The van der Waals surface area contributed by atoms with E-state index in [0.717, 1.165) is 54.8 Å². The van der Waals surface area contributed by atoms with E-state index in [9.17, 15) is 4.79 Å². The highest BCUT2D eigenvalue weighted by Gasteiger charge is 2.16. The SMILES string of the molecule is O=C(CCNCC1=Cc2cc(Br)ccc2OC1)N1CCCCC1. The highest BCUT2D eigenvalue weighted by molar-refractivity contribution is 9.10. The number of nitrogens with one attached hydrogen (secondary N) is 1. The smallest absolute Gasteiger partial charge is 0.223 e. The second-order valence-electron chi connectivity index (χ2n) is 6.14. The molecule has 0 bridgehead atoms. The fraction of sp³-hybridized carbons (Fsp3) is 0.500. The van der Waals surface area contributed by atoms with Crippen molar-refractivity contribution in [2.45, 2.75) is 25.7 Å². The second kappa shape index (κ2) is 7.97. The zero-order chi connectivity index (χ0) is 16.1. The van der Waals surface area contributed by atoms with Crippen LogP contribution in [0.25, 0.3) is 6.08 Å². The third kappa shape index (κ3) is 4.58. The van der Waals surface area contributed by atoms with E-state index in [1.807, 2.05) is 17.0 Å². The van der Waals surface area contributed by atoms with Crippen molar-refractivity contribution in [1.29, 1.82) is 0 Å². The van der Waals surface area contributed by atoms with Gasteiger partial charge in [-0.25, -0.2) is 0 Å². The number of nitrogens with zero attached hydrogens (tertiary/aromatic N) is 1. The van der Waals surface area contributed by atoms with Crippen molar-refractivity contribution in [3.8, 4) is 5.75 Å². The van der Waals surface area contributed by atoms with Crippen LogP contribution in [0.3, 0.4) is 0 Å². The molecular weight excluding hydrogens is 356 g/mol. The number of halogens is 1. The average Bonchev–Trinajstić information content (AvgIpc) is 2.59. The number of hydrogen-bond acceptors (Lipinski definition) is 3. The maximum absolute atomic E-state index is 12.1. The lowest BCUT2D eigenvalue weighted by atomic mass is 10.1. The summed E-state index contributed by atoms with van der Waals surface area (Å²) < 4.78 is 6.81. The van der Waals surface area contributed by atoms with Crippen LogP contribution in [-0.2, 0) is 4.79 Å². The van der Waals surface area contributed by atoms with Gasteiger partial charge in [-0.2, -0.15) is 0 Å². The molecule has 2 aliphatic heterocycles. The first-order valence-corrected chi connectivity index (χ1v) is 9.12. The van der Waals surface area contributed by atoms with Gasteiger partial charge in [-0.05, 0) is 49.1 Å². The third-order valence-electron chi connectivity index (χ3n) is 4.32. The van der Waals surface area contributed by atoms with Crippen molar-refractivity contribution < 1.29 is 9.53 Å². The Morgan fingerprint density at radius 1 is 1.26 bits per heavy atom. The molecule has 0 aromatic heterocycles. The molecule has 1 aromatic rings. The van der Waals surface area contributed by atoms with Crippen LogP contribution in [0.15, 0.2) is 28.2 Å². The van der Waals surface area contributed by atoms with E-state index in [0.29, 0.717) is 13.0 Å². The Labute approximate surface area is 146 Å². The van der Waals surface area contributed by atoms with Crippen LogP contribution in [0, 0.1) is 0 Å². The number of amides is 1. The largest absolute Gasteiger partial charge is 0.489 e. The summed E-state index contributed by atoms with van der Waals surface area (Å²) in [6.07, 6.45) is 6.31. The lowest BCUT2D eigenvalue weighted by molar-refractivity contribution is -0.131. The minimum absolute atomic E-state index is 0.278. The molecular formula is C18H23BrN2O2. The van der Waals surface area contributed by atoms with Gasteiger partial charge >= 0.3 is 0 Å². The van der Waals surface area contributed by atoms with Crippen LogP contribution in [0.1, 0.15) is 31.2 Å². The van der Waals surface area contributed by atoms with E-state index in [1.54, 1.807) is 0 Å². The summed E-state index contributed by atoms with van der Waals surface area (Å²) >= 11 is 3.49. The monoisotopic (exact) mass is 378 g/mol. The molecule has 124 valence electrons. The van der Waals surface area contributed by atoms with Crippen LogP contribution < -0.4 is 10.1 Å². The number of hydrogen-bond donors (Lipinski definition) is 1. The first-order valence-electron chi connectivity index (χ1n) is 8.33. The van der Waals surface area contributed by atoms with E-state index < -0.39 is 0 Å². The Kier molecular flexibility index (Phi) is 5.73. The molecule has 1 amide bonds. The van der Waals surface area contributed by atoms with Crippen molar-refractivity contribution in [3.05, 3.63) is 33.8 Å². The number of ether oxygens (including phenoxy) is 1. The molecule has 23 heavy (non-hydrogen) atoms. The van der Waals surface area contributed by atoms with Gasteiger partial charge in [-0.3, -0.25) is 4.79 Å². The topological polar surface area (TPSA) is 41.6 Å². The molecule has 0 spiro atoms. The van der Waals surface area contributed by atoms with Gasteiger partial charge < -0.3 is 15.0 Å². The molecule has 1 fully saturated rings. The molecule has 0 atom stereocenters. The van der Waals surface area contributed by atoms with E-state index in [2.05, 4.69) is 33.4 Å². The summed E-state index contributed by atoms with van der Waals surface area (Å²) in [5.41, 5.74) is 2.31. The third-order valence-corrected chi connectivity index (χ3v) is 4.81. The Morgan fingerprint density at radius 2 is 2.09 bits per heavy atom. The summed E-state index contributed by atoms with van der Waals surface area (Å²) in [4.78, 5) is 14.1. The van der Waals surface area contributed by atoms with Gasteiger partial charge in [0.25, 0.3) is 0 Å². The summed E-state index contributed by atoms with van der Waals surface area (Å²) in [5.74, 6) is 1.21. The number of rotatable bonds is 5.